The zero-order valence-electron chi connectivity index (χ0n) is 17.7. The summed E-state index contributed by atoms with van der Waals surface area (Å²) in [6, 6.07) is 12.7. The largest absolute Gasteiger partial charge is 0.454 e. The van der Waals surface area contributed by atoms with Gasteiger partial charge in [0.15, 0.2) is 11.5 Å². The van der Waals surface area contributed by atoms with Gasteiger partial charge >= 0.3 is 0 Å². The van der Waals surface area contributed by atoms with Gasteiger partial charge in [0.05, 0.1) is 18.0 Å². The van der Waals surface area contributed by atoms with E-state index in [0.717, 1.165) is 29.2 Å². The zero-order valence-corrected chi connectivity index (χ0v) is 18.5. The van der Waals surface area contributed by atoms with Crippen molar-refractivity contribution in [2.45, 2.75) is 25.8 Å². The van der Waals surface area contributed by atoms with Crippen molar-refractivity contribution in [1.29, 1.82) is 0 Å². The van der Waals surface area contributed by atoms with E-state index in [1.165, 1.54) is 18.5 Å². The second-order valence-corrected chi connectivity index (χ2v) is 9.79. The Hall–Kier alpha value is -2.94. The normalized spacial score (nSPS) is 16.3. The highest BCUT2D eigenvalue weighted by Crippen LogP contribution is 2.36. The fourth-order valence-electron chi connectivity index (χ4n) is 3.89. The molecule has 1 N–H and O–H groups in total. The number of sulfonamides is 1. The molecule has 0 saturated carbocycles. The fraction of sp³-hybridized carbons (Fsp3) is 0.409. The molecule has 0 aliphatic carbocycles. The number of benzene rings is 2. The third-order valence-electron chi connectivity index (χ3n) is 5.57. The molecule has 0 aromatic heterocycles. The minimum absolute atomic E-state index is 0.0895. The van der Waals surface area contributed by atoms with Crippen LogP contribution >= 0.6 is 0 Å². The van der Waals surface area contributed by atoms with Crippen LogP contribution in [0.2, 0.25) is 0 Å². The molecule has 2 aromatic rings. The number of ether oxygens (including phenoxy) is 2. The first-order valence-corrected chi connectivity index (χ1v) is 12.2. The highest BCUT2D eigenvalue weighted by atomic mass is 32.2. The van der Waals surface area contributed by atoms with Gasteiger partial charge in [-0.2, -0.15) is 0 Å². The molecule has 1 atom stereocenters. The average Bonchev–Trinajstić information content (AvgIpc) is 3.42. The molecule has 2 heterocycles. The molecular formula is C22H27N3O5S. The first-order valence-electron chi connectivity index (χ1n) is 10.3. The lowest BCUT2D eigenvalue weighted by Crippen LogP contribution is -2.41. The minimum atomic E-state index is -3.68. The van der Waals surface area contributed by atoms with Crippen LogP contribution in [0.5, 0.6) is 11.5 Å². The Balaban J connectivity index is 1.43. The van der Waals surface area contributed by atoms with Gasteiger partial charge in [-0.25, -0.2) is 8.42 Å². The maximum atomic E-state index is 12.7. The second kappa shape index (κ2) is 8.66. The number of fused-ring (bicyclic) bond motifs is 1. The van der Waals surface area contributed by atoms with E-state index in [-0.39, 0.29) is 25.3 Å². The molecule has 0 spiro atoms. The Morgan fingerprint density at radius 1 is 1.10 bits per heavy atom. The summed E-state index contributed by atoms with van der Waals surface area (Å²) < 4.78 is 36.4. The molecule has 31 heavy (non-hydrogen) atoms. The number of nitrogens with one attached hydrogen (secondary N) is 1. The van der Waals surface area contributed by atoms with Crippen molar-refractivity contribution in [2.24, 2.45) is 0 Å². The van der Waals surface area contributed by atoms with Crippen molar-refractivity contribution < 1.29 is 22.7 Å². The SMILES string of the molecule is CC(NC(=O)CN(c1ccc2c(c1)OCO2)S(C)(=O)=O)c1ccc(N2CCCC2)cc1. The summed E-state index contributed by atoms with van der Waals surface area (Å²) in [5.74, 6) is 0.616. The summed E-state index contributed by atoms with van der Waals surface area (Å²) >= 11 is 0. The fourth-order valence-corrected chi connectivity index (χ4v) is 4.74. The number of hydrogen-bond acceptors (Lipinski definition) is 6. The smallest absolute Gasteiger partial charge is 0.241 e. The summed E-state index contributed by atoms with van der Waals surface area (Å²) in [7, 11) is -3.68. The molecule has 2 aliphatic heterocycles. The summed E-state index contributed by atoms with van der Waals surface area (Å²) in [6.07, 6.45) is 3.51. The molecule has 9 heteroatoms. The lowest BCUT2D eigenvalue weighted by molar-refractivity contribution is -0.120. The maximum Gasteiger partial charge on any atom is 0.241 e. The summed E-state index contributed by atoms with van der Waals surface area (Å²) in [5.41, 5.74) is 2.50. The Morgan fingerprint density at radius 2 is 1.77 bits per heavy atom. The van der Waals surface area contributed by atoms with Crippen molar-refractivity contribution in [3.05, 3.63) is 48.0 Å². The van der Waals surface area contributed by atoms with E-state index in [1.54, 1.807) is 18.2 Å². The second-order valence-electron chi connectivity index (χ2n) is 7.88. The van der Waals surface area contributed by atoms with Gasteiger partial charge in [0.2, 0.25) is 22.7 Å². The van der Waals surface area contributed by atoms with Crippen LogP contribution in [0.15, 0.2) is 42.5 Å². The van der Waals surface area contributed by atoms with Crippen molar-refractivity contribution in [2.75, 3.05) is 41.9 Å². The molecule has 166 valence electrons. The van der Waals surface area contributed by atoms with Crippen LogP contribution in [-0.4, -0.2) is 47.0 Å². The van der Waals surface area contributed by atoms with E-state index < -0.39 is 10.0 Å². The first-order chi connectivity index (χ1) is 14.8. The van der Waals surface area contributed by atoms with Crippen molar-refractivity contribution in [3.63, 3.8) is 0 Å². The third-order valence-corrected chi connectivity index (χ3v) is 6.71. The summed E-state index contributed by atoms with van der Waals surface area (Å²) in [5, 5.41) is 2.90. The number of hydrogen-bond donors (Lipinski definition) is 1. The van der Waals surface area contributed by atoms with Gasteiger partial charge in [0.25, 0.3) is 0 Å². The highest BCUT2D eigenvalue weighted by molar-refractivity contribution is 7.92. The minimum Gasteiger partial charge on any atom is -0.454 e. The predicted octanol–water partition coefficient (Wildman–Crippen LogP) is 2.66. The van der Waals surface area contributed by atoms with E-state index in [9.17, 15) is 13.2 Å². The van der Waals surface area contributed by atoms with Crippen LogP contribution < -0.4 is 24.0 Å². The molecule has 1 amide bonds. The topological polar surface area (TPSA) is 88.2 Å². The van der Waals surface area contributed by atoms with E-state index in [1.807, 2.05) is 19.1 Å². The highest BCUT2D eigenvalue weighted by Gasteiger charge is 2.24. The van der Waals surface area contributed by atoms with E-state index >= 15 is 0 Å². The van der Waals surface area contributed by atoms with Crippen LogP contribution in [0.3, 0.4) is 0 Å². The number of nitrogens with zero attached hydrogens (tertiary/aromatic N) is 2. The Bertz CT molecular complexity index is 1050. The quantitative estimate of drug-likeness (QED) is 0.705. The van der Waals surface area contributed by atoms with E-state index in [2.05, 4.69) is 22.3 Å². The van der Waals surface area contributed by atoms with Crippen LogP contribution in [0.25, 0.3) is 0 Å². The van der Waals surface area contributed by atoms with Gasteiger partial charge in [-0.1, -0.05) is 12.1 Å². The van der Waals surface area contributed by atoms with Crippen LogP contribution in [-0.2, 0) is 14.8 Å². The molecule has 2 aromatic carbocycles. The summed E-state index contributed by atoms with van der Waals surface area (Å²) in [6.45, 7) is 3.80. The van der Waals surface area contributed by atoms with Gasteiger partial charge < -0.3 is 19.7 Å². The van der Waals surface area contributed by atoms with Gasteiger partial charge in [0.1, 0.15) is 6.54 Å². The lowest BCUT2D eigenvalue weighted by atomic mass is 10.1. The van der Waals surface area contributed by atoms with Gasteiger partial charge in [-0.05, 0) is 49.6 Å². The van der Waals surface area contributed by atoms with Crippen LogP contribution in [0, 0.1) is 0 Å². The van der Waals surface area contributed by atoms with Gasteiger partial charge in [-0.15, -0.1) is 0 Å². The molecule has 0 bridgehead atoms. The summed E-state index contributed by atoms with van der Waals surface area (Å²) in [4.78, 5) is 15.0. The number of anilines is 2. The number of carbonyl (C=O) groups is 1. The molecular weight excluding hydrogens is 418 g/mol. The average molecular weight is 446 g/mol. The molecule has 2 aliphatic rings. The Morgan fingerprint density at radius 3 is 2.45 bits per heavy atom. The molecule has 4 rings (SSSR count). The lowest BCUT2D eigenvalue weighted by Gasteiger charge is -2.24. The van der Waals surface area contributed by atoms with Gasteiger partial charge in [-0.3, -0.25) is 9.10 Å². The van der Waals surface area contributed by atoms with E-state index in [0.29, 0.717) is 17.2 Å². The predicted molar refractivity (Wildman–Crippen MR) is 119 cm³/mol. The Kier molecular flexibility index (Phi) is 5.95. The molecule has 0 radical (unpaired) electrons. The number of amides is 1. The van der Waals surface area contributed by atoms with E-state index in [4.69, 9.17) is 9.47 Å². The maximum absolute atomic E-state index is 12.7. The molecule has 1 fully saturated rings. The number of carbonyl (C=O) groups excluding carboxylic acids is 1. The first kappa shape index (κ1) is 21.3. The monoisotopic (exact) mass is 445 g/mol. The standard InChI is InChI=1S/C22H27N3O5S/c1-16(17-5-7-18(8-6-17)24-11-3-4-12-24)23-22(26)14-25(31(2,27)28)19-9-10-20-21(13-19)30-15-29-20/h5-10,13,16H,3-4,11-12,14-15H2,1-2H3,(H,23,26). The van der Waals surface area contributed by atoms with Crippen molar-refractivity contribution >= 4 is 27.3 Å². The third kappa shape index (κ3) is 4.87. The van der Waals surface area contributed by atoms with Crippen molar-refractivity contribution in [3.8, 4) is 11.5 Å². The van der Waals surface area contributed by atoms with Crippen molar-refractivity contribution in [1.82, 2.24) is 5.32 Å². The molecule has 1 unspecified atom stereocenters. The van der Waals surface area contributed by atoms with Crippen LogP contribution in [0.4, 0.5) is 11.4 Å². The van der Waals surface area contributed by atoms with Gasteiger partial charge in [0, 0.05) is 24.8 Å². The number of rotatable bonds is 7. The Labute approximate surface area is 182 Å². The molecule has 1 saturated heterocycles. The zero-order chi connectivity index (χ0) is 22.0. The molecule has 8 nitrogen and oxygen atoms in total. The van der Waals surface area contributed by atoms with Crippen LogP contribution in [0.1, 0.15) is 31.4 Å².